The highest BCUT2D eigenvalue weighted by atomic mass is 19.2. The quantitative estimate of drug-likeness (QED) is 0.326. The van der Waals surface area contributed by atoms with Crippen LogP contribution in [0.2, 0.25) is 0 Å². The third-order valence-electron chi connectivity index (χ3n) is 6.64. The molecule has 1 atom stereocenters. The molecule has 1 unspecified atom stereocenters. The summed E-state index contributed by atoms with van der Waals surface area (Å²) >= 11 is 0. The number of halogens is 3. The van der Waals surface area contributed by atoms with Crippen molar-refractivity contribution in [3.05, 3.63) is 100 Å². The van der Waals surface area contributed by atoms with Crippen molar-refractivity contribution in [3.63, 3.8) is 0 Å². The van der Waals surface area contributed by atoms with E-state index >= 15 is 0 Å². The first-order valence-corrected chi connectivity index (χ1v) is 12.1. The van der Waals surface area contributed by atoms with Crippen LogP contribution >= 0.6 is 0 Å². The molecule has 3 aromatic carbocycles. The van der Waals surface area contributed by atoms with Crippen LogP contribution in [0.15, 0.2) is 60.7 Å². The minimum Gasteiger partial charge on any atom is -0.377 e. The summed E-state index contributed by atoms with van der Waals surface area (Å²) in [6.07, 6.45) is 5.73. The molecule has 0 fully saturated rings. The second-order valence-corrected chi connectivity index (χ2v) is 9.16. The Kier molecular flexibility index (Phi) is 7.89. The minimum absolute atomic E-state index is 0.287. The topological polar surface area (TPSA) is 9.23 Å². The molecule has 4 rings (SSSR count). The van der Waals surface area contributed by atoms with E-state index < -0.39 is 11.6 Å². The number of rotatable bonds is 8. The maximum absolute atomic E-state index is 14.8. The van der Waals surface area contributed by atoms with E-state index in [1.807, 2.05) is 43.3 Å². The number of ether oxygens (including phenoxy) is 1. The van der Waals surface area contributed by atoms with Crippen LogP contribution < -0.4 is 0 Å². The SMILES string of the molecule is CCOCc1ccc(-c2ccc(CCc3ccc(C4=CCC(C)CC4)c(F)c3F)cc2)c(F)c1. The summed E-state index contributed by atoms with van der Waals surface area (Å²) < 4.78 is 49.5. The molecule has 0 aromatic heterocycles. The summed E-state index contributed by atoms with van der Waals surface area (Å²) in [5, 5.41) is 0. The van der Waals surface area contributed by atoms with Gasteiger partial charge in [0, 0.05) is 17.7 Å². The summed E-state index contributed by atoms with van der Waals surface area (Å²) in [5.41, 5.74) is 4.79. The van der Waals surface area contributed by atoms with E-state index in [1.165, 1.54) is 6.07 Å². The number of allylic oxidation sites excluding steroid dienone is 2. The minimum atomic E-state index is -0.747. The molecule has 0 bridgehead atoms. The van der Waals surface area contributed by atoms with Crippen molar-refractivity contribution < 1.29 is 17.9 Å². The number of hydrogen-bond acceptors (Lipinski definition) is 1. The highest BCUT2D eigenvalue weighted by Crippen LogP contribution is 2.33. The zero-order valence-electron chi connectivity index (χ0n) is 19.8. The Hall–Kier alpha value is -2.85. The molecular weight excluding hydrogens is 433 g/mol. The fourth-order valence-electron chi connectivity index (χ4n) is 4.47. The van der Waals surface area contributed by atoms with Gasteiger partial charge in [0.2, 0.25) is 0 Å². The standard InChI is InChI=1S/C30H31F3O/c1-3-34-19-22-9-16-26(28(31)18-22)23-12-6-21(7-13-23)8-14-25-15-17-27(30(33)29(25)32)24-10-4-20(2)5-11-24/h6-7,9-10,12-13,15-18,20H,3-5,8,11,14,19H2,1-2H3. The zero-order chi connectivity index (χ0) is 24.1. The molecule has 0 N–H and O–H groups in total. The largest absolute Gasteiger partial charge is 0.377 e. The third-order valence-corrected chi connectivity index (χ3v) is 6.64. The van der Waals surface area contributed by atoms with E-state index in [9.17, 15) is 13.2 Å². The van der Waals surface area contributed by atoms with Crippen molar-refractivity contribution in [3.8, 4) is 11.1 Å². The second-order valence-electron chi connectivity index (χ2n) is 9.16. The summed E-state index contributed by atoms with van der Waals surface area (Å²) in [5.74, 6) is -1.18. The molecule has 1 aliphatic carbocycles. The Morgan fingerprint density at radius 1 is 0.853 bits per heavy atom. The lowest BCUT2D eigenvalue weighted by atomic mass is 9.87. The van der Waals surface area contributed by atoms with E-state index in [2.05, 4.69) is 6.92 Å². The molecule has 3 aromatic rings. The van der Waals surface area contributed by atoms with Crippen LogP contribution in [0.4, 0.5) is 13.2 Å². The van der Waals surface area contributed by atoms with E-state index in [0.29, 0.717) is 48.7 Å². The van der Waals surface area contributed by atoms with Crippen molar-refractivity contribution >= 4 is 5.57 Å². The van der Waals surface area contributed by atoms with Gasteiger partial charge in [0.15, 0.2) is 11.6 Å². The highest BCUT2D eigenvalue weighted by Gasteiger charge is 2.19. The van der Waals surface area contributed by atoms with Gasteiger partial charge in [-0.2, -0.15) is 0 Å². The van der Waals surface area contributed by atoms with Crippen LogP contribution in [-0.4, -0.2) is 6.61 Å². The predicted octanol–water partition coefficient (Wildman–Crippen LogP) is 8.30. The number of aryl methyl sites for hydroxylation is 2. The van der Waals surface area contributed by atoms with E-state index in [4.69, 9.17) is 4.74 Å². The lowest BCUT2D eigenvalue weighted by Gasteiger charge is -2.19. The molecule has 34 heavy (non-hydrogen) atoms. The lowest BCUT2D eigenvalue weighted by molar-refractivity contribution is 0.134. The Labute approximate surface area is 200 Å². The fourth-order valence-corrected chi connectivity index (χ4v) is 4.47. The first kappa shape index (κ1) is 24.3. The summed E-state index contributed by atoms with van der Waals surface area (Å²) in [6.45, 7) is 5.06. The molecule has 0 saturated heterocycles. The van der Waals surface area contributed by atoms with Crippen molar-refractivity contribution in [2.45, 2.75) is 52.6 Å². The Morgan fingerprint density at radius 2 is 1.59 bits per heavy atom. The van der Waals surface area contributed by atoms with E-state index in [1.54, 1.807) is 18.2 Å². The highest BCUT2D eigenvalue weighted by molar-refractivity contribution is 5.67. The van der Waals surface area contributed by atoms with Gasteiger partial charge in [0.1, 0.15) is 5.82 Å². The van der Waals surface area contributed by atoms with Crippen LogP contribution in [0.25, 0.3) is 16.7 Å². The Morgan fingerprint density at radius 3 is 2.26 bits per heavy atom. The van der Waals surface area contributed by atoms with Gasteiger partial charge in [-0.25, -0.2) is 13.2 Å². The molecule has 0 heterocycles. The van der Waals surface area contributed by atoms with Crippen LogP contribution in [0, 0.1) is 23.4 Å². The average molecular weight is 465 g/mol. The molecule has 0 saturated carbocycles. The van der Waals surface area contributed by atoms with Gasteiger partial charge >= 0.3 is 0 Å². The Bertz CT molecular complexity index is 1160. The Balaban J connectivity index is 1.42. The van der Waals surface area contributed by atoms with E-state index in [0.717, 1.165) is 41.5 Å². The van der Waals surface area contributed by atoms with Gasteiger partial charge < -0.3 is 4.74 Å². The monoisotopic (exact) mass is 464 g/mol. The molecular formula is C30H31F3O. The summed E-state index contributed by atoms with van der Waals surface area (Å²) in [6, 6.07) is 16.1. The van der Waals surface area contributed by atoms with Gasteiger partial charge in [-0.15, -0.1) is 0 Å². The van der Waals surface area contributed by atoms with Gasteiger partial charge in [-0.05, 0) is 78.8 Å². The second kappa shape index (κ2) is 11.1. The fraction of sp³-hybridized carbons (Fsp3) is 0.333. The van der Waals surface area contributed by atoms with E-state index in [-0.39, 0.29) is 5.82 Å². The molecule has 0 aliphatic heterocycles. The van der Waals surface area contributed by atoms with Crippen LogP contribution in [0.3, 0.4) is 0 Å². The molecule has 0 radical (unpaired) electrons. The van der Waals surface area contributed by atoms with Crippen molar-refractivity contribution in [1.29, 1.82) is 0 Å². The molecule has 1 aliphatic rings. The predicted molar refractivity (Wildman–Crippen MR) is 132 cm³/mol. The number of hydrogen-bond donors (Lipinski definition) is 0. The molecule has 0 amide bonds. The van der Waals surface area contributed by atoms with Crippen LogP contribution in [-0.2, 0) is 24.2 Å². The third kappa shape index (κ3) is 5.61. The van der Waals surface area contributed by atoms with Crippen LogP contribution in [0.1, 0.15) is 55.4 Å². The molecule has 1 nitrogen and oxygen atoms in total. The van der Waals surface area contributed by atoms with Crippen molar-refractivity contribution in [2.24, 2.45) is 5.92 Å². The maximum Gasteiger partial charge on any atom is 0.166 e. The average Bonchev–Trinajstić information content (AvgIpc) is 2.85. The summed E-state index contributed by atoms with van der Waals surface area (Å²) in [7, 11) is 0. The van der Waals surface area contributed by atoms with Crippen molar-refractivity contribution in [1.82, 2.24) is 0 Å². The molecule has 4 heteroatoms. The van der Waals surface area contributed by atoms with Gasteiger partial charge in [-0.3, -0.25) is 0 Å². The van der Waals surface area contributed by atoms with Crippen LogP contribution in [0.5, 0.6) is 0 Å². The van der Waals surface area contributed by atoms with Gasteiger partial charge in [0.25, 0.3) is 0 Å². The summed E-state index contributed by atoms with van der Waals surface area (Å²) in [4.78, 5) is 0. The van der Waals surface area contributed by atoms with Crippen molar-refractivity contribution in [2.75, 3.05) is 6.61 Å². The number of benzene rings is 3. The zero-order valence-corrected chi connectivity index (χ0v) is 19.8. The normalized spacial score (nSPS) is 15.9. The van der Waals surface area contributed by atoms with Gasteiger partial charge in [-0.1, -0.05) is 61.5 Å². The molecule has 178 valence electrons. The van der Waals surface area contributed by atoms with Gasteiger partial charge in [0.05, 0.1) is 6.61 Å². The lowest BCUT2D eigenvalue weighted by Crippen LogP contribution is -2.05. The first-order chi connectivity index (χ1) is 16.5. The molecule has 0 spiro atoms. The maximum atomic E-state index is 14.8. The smallest absolute Gasteiger partial charge is 0.166 e. The first-order valence-electron chi connectivity index (χ1n) is 12.1.